The van der Waals surface area contributed by atoms with Gasteiger partial charge in [-0.25, -0.2) is 0 Å². The number of hydrogen-bond donors (Lipinski definition) is 0. The van der Waals surface area contributed by atoms with Crippen molar-refractivity contribution in [2.75, 3.05) is 4.90 Å². The lowest BCUT2D eigenvalue weighted by atomic mass is 9.52. The van der Waals surface area contributed by atoms with Crippen LogP contribution in [0.15, 0.2) is 174 Å². The zero-order valence-electron chi connectivity index (χ0n) is 30.1. The first kappa shape index (κ1) is 30.4. The highest BCUT2D eigenvalue weighted by atomic mass is 15.2. The molecule has 51 heavy (non-hydrogen) atoms. The van der Waals surface area contributed by atoms with Gasteiger partial charge in [0.25, 0.3) is 0 Å². The Morgan fingerprint density at radius 3 is 1.90 bits per heavy atom. The predicted octanol–water partition coefficient (Wildman–Crippen LogP) is 12.7. The summed E-state index contributed by atoms with van der Waals surface area (Å²) in [5.41, 5.74) is 15.6. The van der Waals surface area contributed by atoms with E-state index in [0.29, 0.717) is 5.92 Å². The summed E-state index contributed by atoms with van der Waals surface area (Å²) in [6, 6.07) is 52.1. The number of para-hydroxylation sites is 1. The first-order valence-corrected chi connectivity index (χ1v) is 18.6. The molecule has 4 unspecified atom stereocenters. The summed E-state index contributed by atoms with van der Waals surface area (Å²) in [6.45, 7) is 12.5. The van der Waals surface area contributed by atoms with Gasteiger partial charge in [0.05, 0.1) is 11.2 Å². The Morgan fingerprint density at radius 2 is 1.18 bits per heavy atom. The number of allylic oxidation sites excluding steroid dienone is 4. The molecule has 1 heterocycles. The van der Waals surface area contributed by atoms with Gasteiger partial charge in [0.1, 0.15) is 0 Å². The van der Waals surface area contributed by atoms with Gasteiger partial charge >= 0.3 is 0 Å². The number of fused-ring (bicyclic) bond motifs is 7. The molecule has 1 heteroatoms. The molecule has 248 valence electrons. The minimum atomic E-state index is -0.458. The number of anilines is 2. The summed E-state index contributed by atoms with van der Waals surface area (Å²) in [5.74, 6) is 0.559. The van der Waals surface area contributed by atoms with E-state index >= 15 is 0 Å². The summed E-state index contributed by atoms with van der Waals surface area (Å²) in [6.07, 6.45) is 7.78. The van der Waals surface area contributed by atoms with Crippen molar-refractivity contribution < 1.29 is 0 Å². The zero-order valence-corrected chi connectivity index (χ0v) is 30.1. The Hall–Kier alpha value is -5.40. The molecule has 0 fully saturated rings. The van der Waals surface area contributed by atoms with Crippen molar-refractivity contribution in [2.45, 2.75) is 51.0 Å². The number of benzene rings is 6. The van der Waals surface area contributed by atoms with Crippen molar-refractivity contribution in [3.63, 3.8) is 0 Å². The van der Waals surface area contributed by atoms with Crippen LogP contribution in [0.5, 0.6) is 0 Å². The highest BCUT2D eigenvalue weighted by Crippen LogP contribution is 2.65. The highest BCUT2D eigenvalue weighted by molar-refractivity contribution is 5.99. The Balaban J connectivity index is 1.35. The van der Waals surface area contributed by atoms with Crippen LogP contribution in [0.25, 0.3) is 33.0 Å². The fraction of sp³-hybridized carbons (Fsp3) is 0.200. The third kappa shape index (κ3) is 3.87. The summed E-state index contributed by atoms with van der Waals surface area (Å²) in [4.78, 5) is 2.72. The summed E-state index contributed by atoms with van der Waals surface area (Å²) >= 11 is 0. The maximum atomic E-state index is 2.72. The lowest BCUT2D eigenvalue weighted by Gasteiger charge is -2.60. The third-order valence-electron chi connectivity index (χ3n) is 13.1. The van der Waals surface area contributed by atoms with Gasteiger partial charge in [-0.3, -0.25) is 0 Å². The van der Waals surface area contributed by atoms with Crippen LogP contribution in [0, 0.1) is 11.8 Å². The third-order valence-corrected chi connectivity index (χ3v) is 13.1. The Bertz CT molecular complexity index is 2470. The number of hydrogen-bond acceptors (Lipinski definition) is 1. The molecule has 6 aromatic rings. The molecular formula is C50H43N. The zero-order chi connectivity index (χ0) is 34.7. The maximum Gasteiger partial charge on any atom is 0.0836 e. The average molecular weight is 658 g/mol. The molecule has 10 rings (SSSR count). The Morgan fingerprint density at radius 1 is 0.569 bits per heavy atom. The van der Waals surface area contributed by atoms with Crippen molar-refractivity contribution >= 4 is 22.1 Å². The summed E-state index contributed by atoms with van der Waals surface area (Å²) in [7, 11) is 0. The van der Waals surface area contributed by atoms with Crippen molar-refractivity contribution in [3.8, 4) is 22.3 Å². The SMILES string of the molecule is CC1C=CC2(C)C3=C1C(C)C(C1(C)c4ccccc4-c4ccccc41)=CC3(C)N(c1ccccc1-c1ccccc1)c1ccc3ccccc3c12. The van der Waals surface area contributed by atoms with Crippen molar-refractivity contribution in [3.05, 3.63) is 191 Å². The molecule has 0 N–H and O–H groups in total. The fourth-order valence-corrected chi connectivity index (χ4v) is 11.0. The van der Waals surface area contributed by atoms with Gasteiger partial charge in [-0.2, -0.15) is 0 Å². The van der Waals surface area contributed by atoms with Gasteiger partial charge in [0.15, 0.2) is 0 Å². The Labute approximate surface area is 302 Å². The monoisotopic (exact) mass is 657 g/mol. The molecule has 0 aromatic heterocycles. The minimum Gasteiger partial charge on any atom is -0.327 e. The number of nitrogens with zero attached hydrogens (tertiary/aromatic N) is 1. The molecule has 4 atom stereocenters. The van der Waals surface area contributed by atoms with Crippen molar-refractivity contribution in [1.29, 1.82) is 0 Å². The van der Waals surface area contributed by atoms with E-state index in [1.807, 2.05) is 0 Å². The van der Waals surface area contributed by atoms with Gasteiger partial charge in [-0.15, -0.1) is 0 Å². The number of rotatable bonds is 3. The van der Waals surface area contributed by atoms with Crippen LogP contribution in [0.4, 0.5) is 11.4 Å². The molecule has 0 bridgehead atoms. The Kier molecular flexibility index (Phi) is 6.30. The minimum absolute atomic E-state index is 0.249. The van der Waals surface area contributed by atoms with Gasteiger partial charge < -0.3 is 4.90 Å². The molecular weight excluding hydrogens is 615 g/mol. The lowest BCUT2D eigenvalue weighted by molar-refractivity contribution is 0.432. The highest BCUT2D eigenvalue weighted by Gasteiger charge is 2.58. The average Bonchev–Trinajstić information content (AvgIpc) is 3.43. The normalized spacial score (nSPS) is 25.2. The topological polar surface area (TPSA) is 3.24 Å². The maximum absolute atomic E-state index is 2.72. The van der Waals surface area contributed by atoms with E-state index in [4.69, 9.17) is 0 Å². The van der Waals surface area contributed by atoms with E-state index in [1.54, 1.807) is 5.57 Å². The second-order valence-electron chi connectivity index (χ2n) is 15.8. The van der Waals surface area contributed by atoms with Gasteiger partial charge in [0, 0.05) is 28.0 Å². The molecule has 1 aliphatic heterocycles. The van der Waals surface area contributed by atoms with E-state index in [1.165, 1.54) is 72.2 Å². The van der Waals surface area contributed by atoms with Crippen LogP contribution in [0.3, 0.4) is 0 Å². The van der Waals surface area contributed by atoms with Crippen LogP contribution in [0.2, 0.25) is 0 Å². The van der Waals surface area contributed by atoms with E-state index in [2.05, 4.69) is 197 Å². The molecule has 6 aromatic carbocycles. The standard InChI is InChI=1S/C50H43N/c1-32-29-30-48(3)46-37-21-10-9-19-35(37)27-28-44(46)51(43-26-16-13-20-36(43)34-17-7-6-8-18-34)49(4)31-42(33(2)45(32)47(48)49)50(5)40-24-14-11-22-38(40)39-23-12-15-25-41(39)50/h6-33H,1-5H3. The van der Waals surface area contributed by atoms with E-state index < -0.39 is 5.54 Å². The van der Waals surface area contributed by atoms with Crippen LogP contribution in [0.1, 0.15) is 51.3 Å². The second kappa shape index (κ2) is 10.6. The quantitative estimate of drug-likeness (QED) is 0.171. The van der Waals surface area contributed by atoms with E-state index in [-0.39, 0.29) is 16.7 Å². The first-order valence-electron chi connectivity index (χ1n) is 18.6. The van der Waals surface area contributed by atoms with Crippen molar-refractivity contribution in [1.82, 2.24) is 0 Å². The fourth-order valence-electron chi connectivity index (χ4n) is 11.0. The molecule has 0 saturated carbocycles. The largest absolute Gasteiger partial charge is 0.327 e. The van der Waals surface area contributed by atoms with Gasteiger partial charge in [-0.1, -0.05) is 165 Å². The molecule has 0 spiro atoms. The summed E-state index contributed by atoms with van der Waals surface area (Å²) < 4.78 is 0. The molecule has 4 aliphatic rings. The van der Waals surface area contributed by atoms with E-state index in [9.17, 15) is 0 Å². The molecule has 0 amide bonds. The first-order chi connectivity index (χ1) is 24.8. The summed E-state index contributed by atoms with van der Waals surface area (Å²) in [5, 5.41) is 2.62. The van der Waals surface area contributed by atoms with E-state index in [0.717, 1.165) is 0 Å². The van der Waals surface area contributed by atoms with Crippen molar-refractivity contribution in [2.24, 2.45) is 11.8 Å². The predicted molar refractivity (Wildman–Crippen MR) is 215 cm³/mol. The van der Waals surface area contributed by atoms with Gasteiger partial charge in [-0.05, 0) is 94.1 Å². The molecule has 3 aliphatic carbocycles. The second-order valence-corrected chi connectivity index (χ2v) is 15.8. The van der Waals surface area contributed by atoms with Crippen LogP contribution >= 0.6 is 0 Å². The smallest absolute Gasteiger partial charge is 0.0836 e. The molecule has 0 radical (unpaired) electrons. The van der Waals surface area contributed by atoms with Crippen LogP contribution < -0.4 is 4.90 Å². The molecule has 0 saturated heterocycles. The van der Waals surface area contributed by atoms with Gasteiger partial charge in [0.2, 0.25) is 0 Å². The van der Waals surface area contributed by atoms with Crippen LogP contribution in [-0.4, -0.2) is 5.54 Å². The van der Waals surface area contributed by atoms with Crippen LogP contribution in [-0.2, 0) is 10.8 Å². The molecule has 1 nitrogen and oxygen atoms in total. The lowest BCUT2D eigenvalue weighted by Crippen LogP contribution is -2.58.